The molecule has 0 aliphatic heterocycles. The van der Waals surface area contributed by atoms with Crippen LogP contribution in [0.3, 0.4) is 0 Å². The minimum atomic E-state index is -4.10. The zero-order valence-corrected chi connectivity index (χ0v) is 24.5. The molecule has 0 aliphatic carbocycles. The first-order chi connectivity index (χ1) is 18.6. The van der Waals surface area contributed by atoms with Crippen molar-refractivity contribution in [1.82, 2.24) is 10.2 Å². The van der Waals surface area contributed by atoms with Crippen molar-refractivity contribution in [1.29, 1.82) is 0 Å². The van der Waals surface area contributed by atoms with Crippen LogP contribution in [0.4, 0.5) is 5.69 Å². The Morgan fingerprint density at radius 1 is 0.974 bits per heavy atom. The van der Waals surface area contributed by atoms with Crippen LogP contribution >= 0.6 is 11.8 Å². The fourth-order valence-electron chi connectivity index (χ4n) is 3.95. The maximum atomic E-state index is 13.9. The smallest absolute Gasteiger partial charge is 0.264 e. The van der Waals surface area contributed by atoms with Crippen molar-refractivity contribution in [2.24, 2.45) is 0 Å². The quantitative estimate of drug-likeness (QED) is 0.323. The summed E-state index contributed by atoms with van der Waals surface area (Å²) in [6.07, 6.45) is 1.91. The summed E-state index contributed by atoms with van der Waals surface area (Å²) in [5.74, 6) is -0.163. The number of amides is 2. The SMILES string of the molecule is CCNC(=O)[C@@H](C)N(Cc1ccc(OC)cc1)C(=O)CN(c1ccc(C)cc1)S(=O)(=O)c1ccc(SC)cc1. The number of sulfonamides is 1. The molecule has 1 N–H and O–H groups in total. The first kappa shape index (κ1) is 30.0. The molecule has 10 heteroatoms. The van der Waals surface area contributed by atoms with Crippen molar-refractivity contribution in [3.05, 3.63) is 83.9 Å². The van der Waals surface area contributed by atoms with E-state index in [0.717, 1.165) is 20.3 Å². The number of carbonyl (C=O) groups excluding carboxylic acids is 2. The van der Waals surface area contributed by atoms with Gasteiger partial charge in [0.05, 0.1) is 17.7 Å². The summed E-state index contributed by atoms with van der Waals surface area (Å²) in [7, 11) is -2.53. The highest BCUT2D eigenvalue weighted by molar-refractivity contribution is 7.98. The summed E-state index contributed by atoms with van der Waals surface area (Å²) in [6.45, 7) is 5.39. The van der Waals surface area contributed by atoms with Gasteiger partial charge in [-0.2, -0.15) is 0 Å². The van der Waals surface area contributed by atoms with E-state index < -0.39 is 28.5 Å². The molecule has 0 bridgehead atoms. The number of nitrogens with zero attached hydrogens (tertiary/aromatic N) is 2. The Morgan fingerprint density at radius 3 is 2.13 bits per heavy atom. The number of likely N-dealkylation sites (N-methyl/N-ethyl adjacent to an activating group) is 1. The Labute approximate surface area is 235 Å². The van der Waals surface area contributed by atoms with Crippen LogP contribution in [0.2, 0.25) is 0 Å². The lowest BCUT2D eigenvalue weighted by Gasteiger charge is -2.32. The molecule has 208 valence electrons. The van der Waals surface area contributed by atoms with Crippen molar-refractivity contribution in [2.45, 2.75) is 43.1 Å². The summed E-state index contributed by atoms with van der Waals surface area (Å²) in [5.41, 5.74) is 2.09. The van der Waals surface area contributed by atoms with Crippen LogP contribution in [0, 0.1) is 6.92 Å². The van der Waals surface area contributed by atoms with Gasteiger partial charge in [-0.1, -0.05) is 29.8 Å². The highest BCUT2D eigenvalue weighted by atomic mass is 32.2. The average molecular weight is 570 g/mol. The van der Waals surface area contributed by atoms with Gasteiger partial charge in [-0.15, -0.1) is 11.8 Å². The van der Waals surface area contributed by atoms with Gasteiger partial charge in [0.25, 0.3) is 10.0 Å². The molecule has 0 radical (unpaired) electrons. The van der Waals surface area contributed by atoms with Crippen LogP contribution in [0.25, 0.3) is 0 Å². The zero-order valence-electron chi connectivity index (χ0n) is 22.9. The molecule has 0 heterocycles. The summed E-state index contributed by atoms with van der Waals surface area (Å²) in [4.78, 5) is 29.1. The number of thioether (sulfide) groups is 1. The molecule has 3 aromatic rings. The second kappa shape index (κ2) is 13.5. The van der Waals surface area contributed by atoms with Gasteiger partial charge in [0, 0.05) is 18.0 Å². The third-order valence-electron chi connectivity index (χ3n) is 6.28. The average Bonchev–Trinajstić information content (AvgIpc) is 2.95. The minimum absolute atomic E-state index is 0.0761. The van der Waals surface area contributed by atoms with Gasteiger partial charge >= 0.3 is 0 Å². The van der Waals surface area contributed by atoms with Crippen molar-refractivity contribution in [3.63, 3.8) is 0 Å². The fraction of sp³-hybridized carbons (Fsp3) is 0.310. The van der Waals surface area contributed by atoms with Gasteiger partial charge in [0.2, 0.25) is 11.8 Å². The van der Waals surface area contributed by atoms with Crippen molar-refractivity contribution in [2.75, 3.05) is 30.8 Å². The third-order valence-corrected chi connectivity index (χ3v) is 8.81. The molecule has 39 heavy (non-hydrogen) atoms. The Bertz CT molecular complexity index is 1360. The molecule has 0 fully saturated rings. The lowest BCUT2D eigenvalue weighted by Crippen LogP contribution is -2.51. The third kappa shape index (κ3) is 7.54. The molecule has 0 saturated carbocycles. The van der Waals surface area contributed by atoms with Crippen LogP contribution in [-0.2, 0) is 26.2 Å². The van der Waals surface area contributed by atoms with Crippen LogP contribution in [0.1, 0.15) is 25.0 Å². The number of hydrogen-bond donors (Lipinski definition) is 1. The van der Waals surface area contributed by atoms with Gasteiger partial charge in [-0.3, -0.25) is 13.9 Å². The molecule has 0 saturated heterocycles. The fourth-order valence-corrected chi connectivity index (χ4v) is 5.77. The number of ether oxygens (including phenoxy) is 1. The van der Waals surface area contributed by atoms with Crippen molar-refractivity contribution < 1.29 is 22.7 Å². The topological polar surface area (TPSA) is 96.0 Å². The number of benzene rings is 3. The second-order valence-electron chi connectivity index (χ2n) is 8.96. The van der Waals surface area contributed by atoms with Gasteiger partial charge in [-0.05, 0) is 81.1 Å². The summed E-state index contributed by atoms with van der Waals surface area (Å²) >= 11 is 1.51. The maximum Gasteiger partial charge on any atom is 0.264 e. The molecule has 2 amide bonds. The van der Waals surface area contributed by atoms with E-state index in [1.54, 1.807) is 81.6 Å². The minimum Gasteiger partial charge on any atom is -0.497 e. The Kier molecular flexibility index (Phi) is 10.4. The lowest BCUT2D eigenvalue weighted by atomic mass is 10.1. The molecule has 0 aromatic heterocycles. The Balaban J connectivity index is 2.01. The lowest BCUT2D eigenvalue weighted by molar-refractivity contribution is -0.139. The standard InChI is InChI=1S/C29H35N3O5S2/c1-6-30-29(34)22(3)31(19-23-9-13-25(37-4)14-10-23)28(33)20-32(24-11-7-21(2)8-12-24)39(35,36)27-17-15-26(38-5)16-18-27/h7-18,22H,6,19-20H2,1-5H3,(H,30,34)/t22-/m1/s1. The number of anilines is 1. The van der Waals surface area contributed by atoms with E-state index in [9.17, 15) is 18.0 Å². The van der Waals surface area contributed by atoms with Gasteiger partial charge < -0.3 is 15.0 Å². The summed E-state index contributed by atoms with van der Waals surface area (Å²) in [5, 5.41) is 2.76. The molecule has 1 atom stereocenters. The highest BCUT2D eigenvalue weighted by Crippen LogP contribution is 2.26. The number of hydrogen-bond acceptors (Lipinski definition) is 6. The largest absolute Gasteiger partial charge is 0.497 e. The monoisotopic (exact) mass is 569 g/mol. The predicted molar refractivity (Wildman–Crippen MR) is 156 cm³/mol. The number of methoxy groups -OCH3 is 1. The molecular formula is C29H35N3O5S2. The first-order valence-electron chi connectivity index (χ1n) is 12.5. The van der Waals surface area contributed by atoms with E-state index in [-0.39, 0.29) is 17.3 Å². The molecule has 8 nitrogen and oxygen atoms in total. The zero-order chi connectivity index (χ0) is 28.6. The molecule has 0 spiro atoms. The Morgan fingerprint density at radius 2 is 1.59 bits per heavy atom. The predicted octanol–water partition coefficient (Wildman–Crippen LogP) is 4.47. The molecular weight excluding hydrogens is 534 g/mol. The molecule has 3 rings (SSSR count). The number of carbonyl (C=O) groups is 2. The molecule has 0 aliphatic rings. The number of nitrogens with one attached hydrogen (secondary N) is 1. The van der Waals surface area contributed by atoms with Crippen LogP contribution in [0.5, 0.6) is 5.75 Å². The van der Waals surface area contributed by atoms with Crippen LogP contribution < -0.4 is 14.4 Å². The summed E-state index contributed by atoms with van der Waals surface area (Å²) in [6, 6.07) is 19.8. The van der Waals surface area contributed by atoms with E-state index in [1.165, 1.54) is 16.7 Å². The molecule has 3 aromatic carbocycles. The molecule has 0 unspecified atom stereocenters. The Hall–Kier alpha value is -3.50. The first-order valence-corrected chi connectivity index (χ1v) is 15.2. The maximum absolute atomic E-state index is 13.9. The van der Waals surface area contributed by atoms with E-state index in [4.69, 9.17) is 4.74 Å². The van der Waals surface area contributed by atoms with Crippen LogP contribution in [0.15, 0.2) is 82.6 Å². The number of rotatable bonds is 12. The van der Waals surface area contributed by atoms with Crippen molar-refractivity contribution in [3.8, 4) is 5.75 Å². The van der Waals surface area contributed by atoms with E-state index in [1.807, 2.05) is 25.3 Å². The van der Waals surface area contributed by atoms with Gasteiger partial charge in [-0.25, -0.2) is 8.42 Å². The second-order valence-corrected chi connectivity index (χ2v) is 11.7. The van der Waals surface area contributed by atoms with Crippen molar-refractivity contribution >= 4 is 39.3 Å². The van der Waals surface area contributed by atoms with E-state index in [0.29, 0.717) is 18.0 Å². The van der Waals surface area contributed by atoms with Gasteiger partial charge in [0.15, 0.2) is 0 Å². The van der Waals surface area contributed by atoms with E-state index in [2.05, 4.69) is 5.32 Å². The normalized spacial score (nSPS) is 11.9. The highest BCUT2D eigenvalue weighted by Gasteiger charge is 2.32. The number of aryl methyl sites for hydroxylation is 1. The van der Waals surface area contributed by atoms with Gasteiger partial charge in [0.1, 0.15) is 18.3 Å². The van der Waals surface area contributed by atoms with Crippen LogP contribution in [-0.4, -0.2) is 57.6 Å². The summed E-state index contributed by atoms with van der Waals surface area (Å²) < 4.78 is 34.1. The van der Waals surface area contributed by atoms with E-state index >= 15 is 0 Å².